The minimum Gasteiger partial charge on any atom is -0.445 e. The first-order valence-corrected chi connectivity index (χ1v) is 9.48. The summed E-state index contributed by atoms with van der Waals surface area (Å²) in [7, 11) is 0. The summed E-state index contributed by atoms with van der Waals surface area (Å²) in [6.45, 7) is 7.93. The molecule has 3 heterocycles. The smallest absolute Gasteiger partial charge is 0.407 e. The molecule has 1 aromatic carbocycles. The van der Waals surface area contributed by atoms with Crippen molar-refractivity contribution in [3.63, 3.8) is 0 Å². The van der Waals surface area contributed by atoms with Crippen molar-refractivity contribution in [3.8, 4) is 0 Å². The molecule has 0 radical (unpaired) electrons. The summed E-state index contributed by atoms with van der Waals surface area (Å²) in [5, 5.41) is 2.76. The van der Waals surface area contributed by atoms with Crippen LogP contribution in [0.25, 0.3) is 0 Å². The number of benzene rings is 1. The van der Waals surface area contributed by atoms with E-state index < -0.39 is 41.8 Å². The lowest BCUT2D eigenvalue weighted by atomic mass is 9.94. The highest BCUT2D eigenvalue weighted by molar-refractivity contribution is 5.67. The van der Waals surface area contributed by atoms with Crippen LogP contribution in [-0.4, -0.2) is 54.9 Å². The molecule has 28 heavy (non-hydrogen) atoms. The third kappa shape index (κ3) is 3.88. The summed E-state index contributed by atoms with van der Waals surface area (Å²) in [6, 6.07) is 9.48. The summed E-state index contributed by atoms with van der Waals surface area (Å²) in [5.74, 6) is -1.54. The standard InChI is InChI=1S/C20H27NO7/c1-18(2)24-12-20(11-21-17(22)23-10-13-8-6-5-7-9-13)15(26-18)14-16(28-20)27-19(3,4)25-14/h5-9,14-16H,10-12H2,1-4H3,(H,21,22)/t14-,15-,16+,20-/m1/s1. The minimum atomic E-state index is -0.910. The van der Waals surface area contributed by atoms with E-state index in [2.05, 4.69) is 5.32 Å². The average molecular weight is 393 g/mol. The Hall–Kier alpha value is -1.71. The Morgan fingerprint density at radius 1 is 1.07 bits per heavy atom. The van der Waals surface area contributed by atoms with E-state index in [9.17, 15) is 4.79 Å². The number of carbonyl (C=O) groups is 1. The van der Waals surface area contributed by atoms with Crippen molar-refractivity contribution in [1.29, 1.82) is 0 Å². The van der Waals surface area contributed by atoms with Gasteiger partial charge in [-0.25, -0.2) is 4.79 Å². The maximum absolute atomic E-state index is 12.2. The second-order valence-electron chi connectivity index (χ2n) is 8.29. The average Bonchev–Trinajstić information content (AvgIpc) is 3.08. The van der Waals surface area contributed by atoms with Gasteiger partial charge in [0.05, 0.1) is 13.2 Å². The third-order valence-corrected chi connectivity index (χ3v) is 5.08. The fourth-order valence-corrected chi connectivity index (χ4v) is 3.77. The number of nitrogens with one attached hydrogen (secondary N) is 1. The fourth-order valence-electron chi connectivity index (χ4n) is 3.77. The van der Waals surface area contributed by atoms with Crippen LogP contribution in [0.1, 0.15) is 33.3 Å². The van der Waals surface area contributed by atoms with Gasteiger partial charge in [-0.15, -0.1) is 0 Å². The van der Waals surface area contributed by atoms with Gasteiger partial charge >= 0.3 is 6.09 Å². The maximum atomic E-state index is 12.2. The van der Waals surface area contributed by atoms with E-state index in [-0.39, 0.29) is 19.8 Å². The van der Waals surface area contributed by atoms with E-state index >= 15 is 0 Å². The normalized spacial score (nSPS) is 35.1. The molecule has 0 saturated carbocycles. The quantitative estimate of drug-likeness (QED) is 0.840. The van der Waals surface area contributed by atoms with Gasteiger partial charge in [0, 0.05) is 0 Å². The van der Waals surface area contributed by atoms with E-state index in [0.29, 0.717) is 0 Å². The molecule has 0 spiro atoms. The molecule has 3 aliphatic heterocycles. The Labute approximate surface area is 164 Å². The van der Waals surface area contributed by atoms with Crippen molar-refractivity contribution in [2.75, 3.05) is 13.2 Å². The highest BCUT2D eigenvalue weighted by atomic mass is 16.9. The highest BCUT2D eigenvalue weighted by Gasteiger charge is 2.65. The van der Waals surface area contributed by atoms with E-state index in [0.717, 1.165) is 5.56 Å². The zero-order chi connectivity index (χ0) is 20.0. The number of fused-ring (bicyclic) bond motifs is 3. The summed E-state index contributed by atoms with van der Waals surface area (Å²) >= 11 is 0. The number of rotatable bonds is 4. The Kier molecular flexibility index (Phi) is 4.87. The number of hydrogen-bond donors (Lipinski definition) is 1. The zero-order valence-corrected chi connectivity index (χ0v) is 16.6. The van der Waals surface area contributed by atoms with Gasteiger partial charge in [0.15, 0.2) is 17.9 Å². The largest absolute Gasteiger partial charge is 0.445 e. The molecule has 8 nitrogen and oxygen atoms in total. The highest BCUT2D eigenvalue weighted by Crippen LogP contribution is 2.47. The van der Waals surface area contributed by atoms with Gasteiger partial charge in [0.25, 0.3) is 0 Å². The van der Waals surface area contributed by atoms with Crippen LogP contribution in [-0.2, 0) is 35.0 Å². The maximum Gasteiger partial charge on any atom is 0.407 e. The van der Waals surface area contributed by atoms with Crippen LogP contribution in [0.2, 0.25) is 0 Å². The number of amides is 1. The van der Waals surface area contributed by atoms with Crippen LogP contribution >= 0.6 is 0 Å². The lowest BCUT2D eigenvalue weighted by Crippen LogP contribution is -2.63. The second kappa shape index (κ2) is 6.96. The number of hydrogen-bond acceptors (Lipinski definition) is 7. The minimum absolute atomic E-state index is 0.154. The monoisotopic (exact) mass is 393 g/mol. The second-order valence-corrected chi connectivity index (χ2v) is 8.29. The van der Waals surface area contributed by atoms with Crippen LogP contribution in [0.5, 0.6) is 0 Å². The number of alkyl carbamates (subject to hydrolysis) is 1. The molecule has 4 atom stereocenters. The molecule has 3 saturated heterocycles. The summed E-state index contributed by atoms with van der Waals surface area (Å²) in [4.78, 5) is 12.2. The lowest BCUT2D eigenvalue weighted by molar-refractivity contribution is -0.346. The third-order valence-electron chi connectivity index (χ3n) is 5.08. The lowest BCUT2D eigenvalue weighted by Gasteiger charge is -2.45. The Morgan fingerprint density at radius 3 is 2.57 bits per heavy atom. The van der Waals surface area contributed by atoms with Gasteiger partial charge in [-0.2, -0.15) is 0 Å². The fraction of sp³-hybridized carbons (Fsp3) is 0.650. The van der Waals surface area contributed by atoms with Gasteiger partial charge in [0.1, 0.15) is 24.4 Å². The summed E-state index contributed by atoms with van der Waals surface area (Å²) < 4.78 is 35.2. The first kappa shape index (κ1) is 19.6. The van der Waals surface area contributed by atoms with Crippen molar-refractivity contribution in [2.45, 2.75) is 70.0 Å². The zero-order valence-electron chi connectivity index (χ0n) is 16.6. The number of carbonyl (C=O) groups excluding carboxylic acids is 1. The van der Waals surface area contributed by atoms with Gasteiger partial charge in [-0.1, -0.05) is 30.3 Å². The number of ether oxygens (including phenoxy) is 6. The molecule has 1 aromatic rings. The molecule has 1 amide bonds. The molecule has 8 heteroatoms. The van der Waals surface area contributed by atoms with Crippen molar-refractivity contribution >= 4 is 6.09 Å². The molecule has 0 aliphatic carbocycles. The summed E-state index contributed by atoms with van der Waals surface area (Å²) in [6.07, 6.45) is -1.97. The first-order chi connectivity index (χ1) is 13.2. The Bertz CT molecular complexity index is 723. The molecule has 4 rings (SSSR count). The molecule has 0 unspecified atom stereocenters. The molecule has 154 valence electrons. The van der Waals surface area contributed by atoms with Crippen molar-refractivity contribution in [3.05, 3.63) is 35.9 Å². The van der Waals surface area contributed by atoms with Gasteiger partial charge in [-0.05, 0) is 33.3 Å². The molecule has 0 aromatic heterocycles. The van der Waals surface area contributed by atoms with E-state index in [4.69, 9.17) is 28.4 Å². The molecule has 3 aliphatic rings. The van der Waals surface area contributed by atoms with Crippen LogP contribution < -0.4 is 5.32 Å². The van der Waals surface area contributed by atoms with Crippen LogP contribution in [0, 0.1) is 0 Å². The van der Waals surface area contributed by atoms with Gasteiger partial charge in [-0.3, -0.25) is 0 Å². The SMILES string of the molecule is CC1(C)O[C@H]2O[C@]3(CNC(=O)OCc4ccccc4)COC(C)(C)O[C@@H]3[C@H]2O1. The van der Waals surface area contributed by atoms with E-state index in [1.807, 2.05) is 58.0 Å². The predicted octanol–water partition coefficient (Wildman–Crippen LogP) is 2.31. The van der Waals surface area contributed by atoms with Crippen LogP contribution in [0.15, 0.2) is 30.3 Å². The van der Waals surface area contributed by atoms with Crippen LogP contribution in [0.3, 0.4) is 0 Å². The van der Waals surface area contributed by atoms with E-state index in [1.54, 1.807) is 0 Å². The molecular weight excluding hydrogens is 366 g/mol. The summed E-state index contributed by atoms with van der Waals surface area (Å²) in [5.41, 5.74) is 0.00285. The predicted molar refractivity (Wildman–Crippen MR) is 97.2 cm³/mol. The topological polar surface area (TPSA) is 84.5 Å². The van der Waals surface area contributed by atoms with Crippen molar-refractivity contribution < 1.29 is 33.2 Å². The molecule has 3 fully saturated rings. The Morgan fingerprint density at radius 2 is 1.82 bits per heavy atom. The Balaban J connectivity index is 1.40. The first-order valence-electron chi connectivity index (χ1n) is 9.48. The van der Waals surface area contributed by atoms with E-state index in [1.165, 1.54) is 0 Å². The van der Waals surface area contributed by atoms with Gasteiger partial charge in [0.2, 0.25) is 0 Å². The molecular formula is C20H27NO7. The van der Waals surface area contributed by atoms with Crippen LogP contribution in [0.4, 0.5) is 4.79 Å². The molecule has 1 N–H and O–H groups in total. The van der Waals surface area contributed by atoms with Crippen molar-refractivity contribution in [2.24, 2.45) is 0 Å². The van der Waals surface area contributed by atoms with Gasteiger partial charge < -0.3 is 33.7 Å². The molecule has 0 bridgehead atoms. The van der Waals surface area contributed by atoms with Crippen molar-refractivity contribution in [1.82, 2.24) is 5.32 Å².